The molecule has 0 bridgehead atoms. The highest BCUT2D eigenvalue weighted by molar-refractivity contribution is 5.11. The first-order valence-electron chi connectivity index (χ1n) is 7.46. The van der Waals surface area contributed by atoms with Gasteiger partial charge in [0.15, 0.2) is 0 Å². The van der Waals surface area contributed by atoms with Crippen molar-refractivity contribution in [1.82, 2.24) is 5.32 Å². The Hall–Kier alpha value is -0.120. The van der Waals surface area contributed by atoms with E-state index in [0.717, 1.165) is 32.3 Å². The van der Waals surface area contributed by atoms with Gasteiger partial charge in [-0.1, -0.05) is 20.8 Å². The molecule has 3 atom stereocenters. The summed E-state index contributed by atoms with van der Waals surface area (Å²) in [5, 5.41) is 3.86. The smallest absolute Gasteiger partial charge is 0.0685 e. The Morgan fingerprint density at radius 3 is 2.56 bits per heavy atom. The van der Waals surface area contributed by atoms with Crippen LogP contribution in [0.4, 0.5) is 0 Å². The van der Waals surface area contributed by atoms with Crippen molar-refractivity contribution in [3.8, 4) is 0 Å². The summed E-state index contributed by atoms with van der Waals surface area (Å²) in [6.45, 7) is 11.1. The maximum atomic E-state index is 5.85. The Morgan fingerprint density at radius 1 is 1.11 bits per heavy atom. The summed E-state index contributed by atoms with van der Waals surface area (Å²) in [5.74, 6) is 0.753. The van der Waals surface area contributed by atoms with Crippen LogP contribution in [0, 0.1) is 16.7 Å². The highest BCUT2D eigenvalue weighted by Crippen LogP contribution is 2.52. The lowest BCUT2D eigenvalue weighted by Crippen LogP contribution is -2.66. The fourth-order valence-electron chi connectivity index (χ4n) is 4.14. The molecule has 3 fully saturated rings. The molecule has 2 aliphatic heterocycles. The molecule has 3 rings (SSSR count). The lowest BCUT2D eigenvalue weighted by molar-refractivity contribution is -0.116. The van der Waals surface area contributed by atoms with Gasteiger partial charge in [-0.3, -0.25) is 0 Å². The Bertz CT molecular complexity index is 310. The van der Waals surface area contributed by atoms with Crippen LogP contribution in [0.2, 0.25) is 0 Å². The SMILES string of the molecule is CC1(CNC2C3CCOC3C2(C)C)CCOCC1. The summed E-state index contributed by atoms with van der Waals surface area (Å²) >= 11 is 0. The molecule has 3 nitrogen and oxygen atoms in total. The van der Waals surface area contributed by atoms with Crippen LogP contribution in [-0.2, 0) is 9.47 Å². The monoisotopic (exact) mass is 253 g/mol. The van der Waals surface area contributed by atoms with Crippen LogP contribution in [0.15, 0.2) is 0 Å². The molecule has 3 heteroatoms. The van der Waals surface area contributed by atoms with Gasteiger partial charge in [0.05, 0.1) is 6.10 Å². The van der Waals surface area contributed by atoms with Gasteiger partial charge >= 0.3 is 0 Å². The molecule has 1 aliphatic carbocycles. The van der Waals surface area contributed by atoms with Crippen molar-refractivity contribution in [2.24, 2.45) is 16.7 Å². The van der Waals surface area contributed by atoms with E-state index >= 15 is 0 Å². The zero-order valence-corrected chi connectivity index (χ0v) is 12.0. The first-order chi connectivity index (χ1) is 8.53. The number of ether oxygens (including phenoxy) is 2. The van der Waals surface area contributed by atoms with E-state index in [9.17, 15) is 0 Å². The third-order valence-electron chi connectivity index (χ3n) is 5.55. The van der Waals surface area contributed by atoms with E-state index in [1.54, 1.807) is 0 Å². The van der Waals surface area contributed by atoms with Gasteiger partial charge < -0.3 is 14.8 Å². The number of fused-ring (bicyclic) bond motifs is 1. The molecule has 3 unspecified atom stereocenters. The average molecular weight is 253 g/mol. The van der Waals surface area contributed by atoms with Crippen LogP contribution < -0.4 is 5.32 Å². The van der Waals surface area contributed by atoms with Gasteiger partial charge in [0.25, 0.3) is 0 Å². The van der Waals surface area contributed by atoms with Gasteiger partial charge in [0.2, 0.25) is 0 Å². The predicted octanol–water partition coefficient (Wildman–Crippen LogP) is 2.21. The fourth-order valence-corrected chi connectivity index (χ4v) is 4.14. The lowest BCUT2D eigenvalue weighted by atomic mass is 9.57. The van der Waals surface area contributed by atoms with Crippen molar-refractivity contribution < 1.29 is 9.47 Å². The summed E-state index contributed by atoms with van der Waals surface area (Å²) in [5.41, 5.74) is 0.738. The van der Waals surface area contributed by atoms with Crippen molar-refractivity contribution in [1.29, 1.82) is 0 Å². The minimum atomic E-state index is 0.308. The predicted molar refractivity (Wildman–Crippen MR) is 71.6 cm³/mol. The third kappa shape index (κ3) is 2.00. The molecule has 2 heterocycles. The Labute approximate surface area is 111 Å². The molecule has 1 N–H and O–H groups in total. The Kier molecular flexibility index (Phi) is 3.20. The maximum Gasteiger partial charge on any atom is 0.0685 e. The van der Waals surface area contributed by atoms with Gasteiger partial charge in [-0.25, -0.2) is 0 Å². The van der Waals surface area contributed by atoms with Crippen molar-refractivity contribution in [2.75, 3.05) is 26.4 Å². The summed E-state index contributed by atoms with van der Waals surface area (Å²) < 4.78 is 11.3. The van der Waals surface area contributed by atoms with E-state index in [0.29, 0.717) is 23.0 Å². The maximum absolute atomic E-state index is 5.85. The molecule has 2 saturated heterocycles. The van der Waals surface area contributed by atoms with Crippen LogP contribution in [0.1, 0.15) is 40.0 Å². The zero-order valence-electron chi connectivity index (χ0n) is 12.0. The van der Waals surface area contributed by atoms with Crippen LogP contribution in [0.3, 0.4) is 0 Å². The first-order valence-corrected chi connectivity index (χ1v) is 7.46. The summed E-state index contributed by atoms with van der Waals surface area (Å²) in [4.78, 5) is 0. The molecule has 1 saturated carbocycles. The Balaban J connectivity index is 1.57. The first kappa shape index (κ1) is 12.9. The van der Waals surface area contributed by atoms with E-state index in [1.807, 2.05) is 0 Å². The molecular weight excluding hydrogens is 226 g/mol. The zero-order chi connectivity index (χ0) is 12.8. The number of hydrogen-bond acceptors (Lipinski definition) is 3. The van der Waals surface area contributed by atoms with E-state index in [1.165, 1.54) is 19.3 Å². The summed E-state index contributed by atoms with van der Waals surface area (Å²) in [6.07, 6.45) is 4.12. The molecule has 0 aromatic rings. The molecule has 104 valence electrons. The standard InChI is InChI=1S/C15H27NO2/c1-14(2)12(11-4-7-18-13(11)14)16-10-15(3)5-8-17-9-6-15/h11-13,16H,4-10H2,1-3H3. The third-order valence-corrected chi connectivity index (χ3v) is 5.55. The lowest BCUT2D eigenvalue weighted by Gasteiger charge is -2.55. The average Bonchev–Trinajstić information content (AvgIpc) is 2.76. The van der Waals surface area contributed by atoms with E-state index in [4.69, 9.17) is 9.47 Å². The van der Waals surface area contributed by atoms with Crippen molar-refractivity contribution >= 4 is 0 Å². The van der Waals surface area contributed by atoms with E-state index in [2.05, 4.69) is 26.1 Å². The van der Waals surface area contributed by atoms with E-state index in [-0.39, 0.29) is 0 Å². The number of nitrogens with one attached hydrogen (secondary N) is 1. The van der Waals surface area contributed by atoms with Crippen LogP contribution >= 0.6 is 0 Å². The Morgan fingerprint density at radius 2 is 1.83 bits per heavy atom. The van der Waals surface area contributed by atoms with Gasteiger partial charge in [-0.05, 0) is 24.7 Å². The molecule has 3 aliphatic rings. The van der Waals surface area contributed by atoms with Crippen molar-refractivity contribution in [3.63, 3.8) is 0 Å². The topological polar surface area (TPSA) is 30.5 Å². The van der Waals surface area contributed by atoms with Gasteiger partial charge in [-0.2, -0.15) is 0 Å². The van der Waals surface area contributed by atoms with Crippen LogP contribution in [0.25, 0.3) is 0 Å². The fraction of sp³-hybridized carbons (Fsp3) is 1.00. The molecule has 0 aromatic heterocycles. The molecule has 18 heavy (non-hydrogen) atoms. The van der Waals surface area contributed by atoms with Gasteiger partial charge in [-0.15, -0.1) is 0 Å². The molecule has 0 aromatic carbocycles. The van der Waals surface area contributed by atoms with Crippen molar-refractivity contribution in [2.45, 2.75) is 52.2 Å². The second-order valence-corrected chi connectivity index (χ2v) is 7.35. The highest BCUT2D eigenvalue weighted by Gasteiger charge is 2.59. The molecule has 0 spiro atoms. The summed E-state index contributed by atoms with van der Waals surface area (Å²) in [7, 11) is 0. The van der Waals surface area contributed by atoms with Crippen LogP contribution in [-0.4, -0.2) is 38.5 Å². The number of hydrogen-bond donors (Lipinski definition) is 1. The largest absolute Gasteiger partial charge is 0.381 e. The second-order valence-electron chi connectivity index (χ2n) is 7.35. The number of rotatable bonds is 3. The second kappa shape index (κ2) is 4.46. The van der Waals surface area contributed by atoms with Crippen molar-refractivity contribution in [3.05, 3.63) is 0 Å². The van der Waals surface area contributed by atoms with Gasteiger partial charge in [0, 0.05) is 43.7 Å². The van der Waals surface area contributed by atoms with Crippen LogP contribution in [0.5, 0.6) is 0 Å². The minimum absolute atomic E-state index is 0.308. The molecular formula is C15H27NO2. The molecule has 0 radical (unpaired) electrons. The highest BCUT2D eigenvalue weighted by atomic mass is 16.5. The molecule has 0 amide bonds. The minimum Gasteiger partial charge on any atom is -0.381 e. The van der Waals surface area contributed by atoms with E-state index < -0.39 is 0 Å². The summed E-state index contributed by atoms with van der Waals surface area (Å²) in [6, 6.07) is 0.643. The quantitative estimate of drug-likeness (QED) is 0.836. The normalized spacial score (nSPS) is 41.2. The van der Waals surface area contributed by atoms with Gasteiger partial charge in [0.1, 0.15) is 0 Å².